The van der Waals surface area contributed by atoms with Crippen LogP contribution in [0.4, 0.5) is 5.13 Å². The van der Waals surface area contributed by atoms with Gasteiger partial charge in [0.25, 0.3) is 5.91 Å². The first kappa shape index (κ1) is 19.2. The molecule has 1 heterocycles. The molecule has 0 aliphatic heterocycles. The first-order valence-corrected chi connectivity index (χ1v) is 9.66. The minimum Gasteiger partial charge on any atom is -0.494 e. The van der Waals surface area contributed by atoms with Gasteiger partial charge in [-0.3, -0.25) is 10.1 Å². The number of anilines is 1. The van der Waals surface area contributed by atoms with Crippen molar-refractivity contribution in [2.75, 3.05) is 18.5 Å². The number of amides is 1. The molecule has 0 saturated carbocycles. The van der Waals surface area contributed by atoms with Gasteiger partial charge in [-0.2, -0.15) is 0 Å². The van der Waals surface area contributed by atoms with Gasteiger partial charge in [0, 0.05) is 22.5 Å². The lowest BCUT2D eigenvalue weighted by atomic mass is 10.1. The second-order valence-electron chi connectivity index (χ2n) is 5.68. The highest BCUT2D eigenvalue weighted by Gasteiger charge is 2.08. The average molecular weight is 403 g/mol. The van der Waals surface area contributed by atoms with Crippen LogP contribution in [-0.4, -0.2) is 24.1 Å². The van der Waals surface area contributed by atoms with Gasteiger partial charge in [-0.05, 0) is 48.9 Å². The Bertz CT molecular complexity index is 896. The molecule has 5 nitrogen and oxygen atoms in total. The van der Waals surface area contributed by atoms with Gasteiger partial charge in [0.2, 0.25) is 0 Å². The van der Waals surface area contributed by atoms with Crippen LogP contribution in [0.15, 0.2) is 54.7 Å². The number of carbonyl (C=O) groups excluding carboxylic acids is 1. The molecule has 0 aliphatic carbocycles. The predicted molar refractivity (Wildman–Crippen MR) is 108 cm³/mol. The van der Waals surface area contributed by atoms with Crippen molar-refractivity contribution < 1.29 is 14.3 Å². The average Bonchev–Trinajstić information content (AvgIpc) is 3.08. The third-order valence-electron chi connectivity index (χ3n) is 3.57. The summed E-state index contributed by atoms with van der Waals surface area (Å²) in [4.78, 5) is 17.3. The molecular weight excluding hydrogens is 384 g/mol. The molecule has 1 N–H and O–H groups in total. The first-order chi connectivity index (χ1) is 13.1. The number of halogens is 1. The maximum atomic E-state index is 12.1. The minimum absolute atomic E-state index is 0.0861. The lowest BCUT2D eigenvalue weighted by Crippen LogP contribution is -2.19. The summed E-state index contributed by atoms with van der Waals surface area (Å²) in [7, 11) is 0. The van der Waals surface area contributed by atoms with Crippen molar-refractivity contribution >= 4 is 34.0 Å². The molecule has 3 aromatic rings. The number of rotatable bonds is 8. The quantitative estimate of drug-likeness (QED) is 0.587. The van der Waals surface area contributed by atoms with E-state index >= 15 is 0 Å². The summed E-state index contributed by atoms with van der Waals surface area (Å²) in [6, 6.07) is 14.8. The third kappa shape index (κ3) is 5.98. The van der Waals surface area contributed by atoms with Crippen LogP contribution in [0.1, 0.15) is 17.4 Å². The highest BCUT2D eigenvalue weighted by Crippen LogP contribution is 2.22. The van der Waals surface area contributed by atoms with Crippen LogP contribution >= 0.6 is 22.9 Å². The molecule has 1 amide bonds. The number of ether oxygens (including phenoxy) is 2. The number of carbonyl (C=O) groups is 1. The molecule has 0 spiro atoms. The Balaban J connectivity index is 1.48. The molecule has 0 fully saturated rings. The fourth-order valence-corrected chi connectivity index (χ4v) is 3.47. The Morgan fingerprint density at radius 3 is 2.59 bits per heavy atom. The number of nitrogens with zero attached hydrogens (tertiary/aromatic N) is 1. The smallest absolute Gasteiger partial charge is 0.264 e. The standard InChI is InChI=1S/C20H19ClN2O3S/c1-2-25-16-6-8-17(9-7-16)26-13-19(24)23-20-22-12-18(27-20)11-14-4-3-5-15(21)10-14/h3-10,12H,2,11,13H2,1H3,(H,22,23,24). The second-order valence-corrected chi connectivity index (χ2v) is 7.23. The van der Waals surface area contributed by atoms with Gasteiger partial charge in [0.15, 0.2) is 11.7 Å². The van der Waals surface area contributed by atoms with Gasteiger partial charge in [0.05, 0.1) is 6.61 Å². The van der Waals surface area contributed by atoms with Crippen molar-refractivity contribution in [2.24, 2.45) is 0 Å². The van der Waals surface area contributed by atoms with Crippen molar-refractivity contribution in [3.8, 4) is 11.5 Å². The predicted octanol–water partition coefficient (Wildman–Crippen LogP) is 4.80. The van der Waals surface area contributed by atoms with Crippen molar-refractivity contribution in [2.45, 2.75) is 13.3 Å². The highest BCUT2D eigenvalue weighted by molar-refractivity contribution is 7.15. The molecule has 0 unspecified atom stereocenters. The zero-order valence-corrected chi connectivity index (χ0v) is 16.3. The summed E-state index contributed by atoms with van der Waals surface area (Å²) in [5.41, 5.74) is 1.10. The minimum atomic E-state index is -0.257. The number of thiazole rings is 1. The molecule has 3 rings (SSSR count). The van der Waals surface area contributed by atoms with E-state index in [0.29, 0.717) is 22.5 Å². The van der Waals surface area contributed by atoms with Gasteiger partial charge in [-0.1, -0.05) is 23.7 Å². The van der Waals surface area contributed by atoms with Crippen LogP contribution in [0.5, 0.6) is 11.5 Å². The van der Waals surface area contributed by atoms with Crippen LogP contribution in [0.3, 0.4) is 0 Å². The van der Waals surface area contributed by atoms with Crippen molar-refractivity contribution in [1.29, 1.82) is 0 Å². The Hall–Kier alpha value is -2.57. The van der Waals surface area contributed by atoms with E-state index in [4.69, 9.17) is 21.1 Å². The molecule has 0 radical (unpaired) electrons. The Morgan fingerprint density at radius 2 is 1.89 bits per heavy atom. The topological polar surface area (TPSA) is 60.5 Å². The molecular formula is C20H19ClN2O3S. The number of hydrogen-bond acceptors (Lipinski definition) is 5. The summed E-state index contributed by atoms with van der Waals surface area (Å²) in [6.45, 7) is 2.45. The summed E-state index contributed by atoms with van der Waals surface area (Å²) in [6.07, 6.45) is 2.48. The van der Waals surface area contributed by atoms with E-state index in [1.54, 1.807) is 30.5 Å². The Kier molecular flexibility index (Phi) is 6.68. The number of nitrogens with one attached hydrogen (secondary N) is 1. The lowest BCUT2D eigenvalue weighted by Gasteiger charge is -2.07. The number of aromatic nitrogens is 1. The zero-order chi connectivity index (χ0) is 19.1. The summed E-state index contributed by atoms with van der Waals surface area (Å²) in [5, 5.41) is 4.01. The zero-order valence-electron chi connectivity index (χ0n) is 14.8. The van der Waals surface area contributed by atoms with Crippen molar-refractivity contribution in [1.82, 2.24) is 4.98 Å². The van der Waals surface area contributed by atoms with E-state index in [-0.39, 0.29) is 12.5 Å². The normalized spacial score (nSPS) is 10.4. The van der Waals surface area contributed by atoms with Gasteiger partial charge >= 0.3 is 0 Å². The molecule has 0 bridgehead atoms. The third-order valence-corrected chi connectivity index (χ3v) is 4.72. The van der Waals surface area contributed by atoms with E-state index in [9.17, 15) is 4.79 Å². The van der Waals surface area contributed by atoms with E-state index < -0.39 is 0 Å². The maximum Gasteiger partial charge on any atom is 0.264 e. The van der Waals surface area contributed by atoms with Gasteiger partial charge in [0.1, 0.15) is 11.5 Å². The van der Waals surface area contributed by atoms with Gasteiger partial charge < -0.3 is 9.47 Å². The van der Waals surface area contributed by atoms with Crippen LogP contribution in [0.25, 0.3) is 0 Å². The highest BCUT2D eigenvalue weighted by atomic mass is 35.5. The lowest BCUT2D eigenvalue weighted by molar-refractivity contribution is -0.118. The molecule has 1 aromatic heterocycles. The Morgan fingerprint density at radius 1 is 1.15 bits per heavy atom. The molecule has 0 atom stereocenters. The van der Waals surface area contributed by atoms with Crippen LogP contribution in [-0.2, 0) is 11.2 Å². The fraction of sp³-hybridized carbons (Fsp3) is 0.200. The largest absolute Gasteiger partial charge is 0.494 e. The first-order valence-electron chi connectivity index (χ1n) is 8.47. The molecule has 0 aliphatic rings. The van der Waals surface area contributed by atoms with Crippen molar-refractivity contribution in [3.63, 3.8) is 0 Å². The van der Waals surface area contributed by atoms with Gasteiger partial charge in [-0.25, -0.2) is 4.98 Å². The fourth-order valence-electron chi connectivity index (χ4n) is 2.40. The second kappa shape index (κ2) is 9.39. The van der Waals surface area contributed by atoms with E-state index in [1.807, 2.05) is 31.2 Å². The van der Waals surface area contributed by atoms with Crippen LogP contribution < -0.4 is 14.8 Å². The number of benzene rings is 2. The summed E-state index contributed by atoms with van der Waals surface area (Å²) < 4.78 is 10.9. The summed E-state index contributed by atoms with van der Waals surface area (Å²) >= 11 is 7.44. The molecule has 2 aromatic carbocycles. The van der Waals surface area contributed by atoms with Crippen LogP contribution in [0, 0.1) is 0 Å². The SMILES string of the molecule is CCOc1ccc(OCC(=O)Nc2ncc(Cc3cccc(Cl)c3)s2)cc1. The van der Waals surface area contributed by atoms with Crippen molar-refractivity contribution in [3.05, 3.63) is 70.2 Å². The maximum absolute atomic E-state index is 12.1. The molecule has 0 saturated heterocycles. The molecule has 7 heteroatoms. The molecule has 140 valence electrons. The van der Waals surface area contributed by atoms with E-state index in [2.05, 4.69) is 10.3 Å². The monoisotopic (exact) mass is 402 g/mol. The van der Waals surface area contributed by atoms with Crippen LogP contribution in [0.2, 0.25) is 5.02 Å². The number of hydrogen-bond donors (Lipinski definition) is 1. The van der Waals surface area contributed by atoms with E-state index in [0.717, 1.165) is 22.6 Å². The van der Waals surface area contributed by atoms with E-state index in [1.165, 1.54) is 11.3 Å². The van der Waals surface area contributed by atoms with Gasteiger partial charge in [-0.15, -0.1) is 11.3 Å². The Labute approximate surface area is 166 Å². The molecule has 27 heavy (non-hydrogen) atoms. The summed E-state index contributed by atoms with van der Waals surface area (Å²) in [5.74, 6) is 1.12.